The Hall–Kier alpha value is -0.730. The second-order valence-electron chi connectivity index (χ2n) is 4.48. The molecule has 19 heavy (non-hydrogen) atoms. The largest absolute Gasteiger partial charge is 0.354 e. The molecule has 0 aromatic rings. The van der Waals surface area contributed by atoms with Crippen molar-refractivity contribution < 1.29 is 14.3 Å². The first-order valence-electron chi connectivity index (χ1n) is 6.60. The summed E-state index contributed by atoms with van der Waals surface area (Å²) in [6.07, 6.45) is 0.478. The third-order valence-corrected chi connectivity index (χ3v) is 2.33. The van der Waals surface area contributed by atoms with Gasteiger partial charge in [0.2, 0.25) is 5.91 Å². The van der Waals surface area contributed by atoms with E-state index < -0.39 is 5.79 Å². The van der Waals surface area contributed by atoms with Crippen LogP contribution in [0.5, 0.6) is 0 Å². The number of carbonyl (C=O) groups excluding carboxylic acids is 1. The lowest BCUT2D eigenvalue weighted by molar-refractivity contribution is -0.211. The molecule has 0 aromatic heterocycles. The Morgan fingerprint density at radius 3 is 2.26 bits per heavy atom. The van der Waals surface area contributed by atoms with Gasteiger partial charge in [-0.2, -0.15) is 0 Å². The lowest BCUT2D eigenvalue weighted by atomic mass is 10.4. The van der Waals surface area contributed by atoms with E-state index in [9.17, 15) is 4.79 Å². The smallest absolute Gasteiger partial charge is 0.221 e. The number of rotatable bonds is 12. The van der Waals surface area contributed by atoms with Gasteiger partial charge in [-0.3, -0.25) is 15.6 Å². The van der Waals surface area contributed by atoms with Crippen molar-refractivity contribution in [1.29, 1.82) is 0 Å². The summed E-state index contributed by atoms with van der Waals surface area (Å²) < 4.78 is 11.1. The second kappa shape index (κ2) is 11.1. The molecule has 1 amide bonds. The molecule has 4 N–H and O–H groups in total. The van der Waals surface area contributed by atoms with E-state index in [0.717, 1.165) is 0 Å². The molecule has 7 nitrogen and oxygen atoms in total. The summed E-state index contributed by atoms with van der Waals surface area (Å²) in [5.74, 6) is -0.625. The van der Waals surface area contributed by atoms with Gasteiger partial charge in [0.15, 0.2) is 5.79 Å². The summed E-state index contributed by atoms with van der Waals surface area (Å²) in [6, 6.07) is 0. The summed E-state index contributed by atoms with van der Waals surface area (Å²) in [5.41, 5.74) is 5.74. The van der Waals surface area contributed by atoms with Crippen molar-refractivity contribution >= 4 is 5.91 Å². The van der Waals surface area contributed by atoms with Crippen LogP contribution in [0.2, 0.25) is 0 Å². The van der Waals surface area contributed by atoms with E-state index in [1.165, 1.54) is 0 Å². The summed E-state index contributed by atoms with van der Waals surface area (Å²) in [5, 5.41) is 5.71. The van der Waals surface area contributed by atoms with Gasteiger partial charge in [0.1, 0.15) is 0 Å². The third kappa shape index (κ3) is 12.1. The first kappa shape index (κ1) is 18.3. The lowest BCUT2D eigenvalue weighted by Gasteiger charge is -2.25. The van der Waals surface area contributed by atoms with E-state index >= 15 is 0 Å². The highest BCUT2D eigenvalue weighted by atomic mass is 16.7. The van der Waals surface area contributed by atoms with Crippen molar-refractivity contribution in [3.05, 3.63) is 0 Å². The van der Waals surface area contributed by atoms with Gasteiger partial charge in [-0.05, 0) is 27.9 Å². The zero-order chi connectivity index (χ0) is 14.6. The fourth-order valence-corrected chi connectivity index (χ4v) is 1.33. The van der Waals surface area contributed by atoms with Gasteiger partial charge in [-0.25, -0.2) is 0 Å². The van der Waals surface area contributed by atoms with E-state index in [1.807, 2.05) is 20.9 Å². The average Bonchev–Trinajstić information content (AvgIpc) is 2.37. The van der Waals surface area contributed by atoms with Gasteiger partial charge in [0.05, 0.1) is 13.2 Å². The van der Waals surface area contributed by atoms with Crippen LogP contribution in [0.3, 0.4) is 0 Å². The molecule has 0 atom stereocenters. The zero-order valence-corrected chi connectivity index (χ0v) is 12.5. The number of hydrogen-bond donors (Lipinski definition) is 4. The molecule has 0 saturated carbocycles. The van der Waals surface area contributed by atoms with Crippen LogP contribution in [0.15, 0.2) is 0 Å². The van der Waals surface area contributed by atoms with Crippen LogP contribution in [0.1, 0.15) is 20.3 Å². The number of carbonyl (C=O) groups is 1. The first-order valence-corrected chi connectivity index (χ1v) is 6.60. The molecule has 0 aliphatic carbocycles. The summed E-state index contributed by atoms with van der Waals surface area (Å²) in [4.78, 5) is 11.3. The Kier molecular flexibility index (Phi) is 10.7. The van der Waals surface area contributed by atoms with Gasteiger partial charge >= 0.3 is 0 Å². The Morgan fingerprint density at radius 2 is 1.68 bits per heavy atom. The van der Waals surface area contributed by atoms with Crippen molar-refractivity contribution in [2.24, 2.45) is 0 Å². The van der Waals surface area contributed by atoms with Crippen molar-refractivity contribution in [1.82, 2.24) is 21.5 Å². The van der Waals surface area contributed by atoms with Gasteiger partial charge in [-0.15, -0.1) is 0 Å². The van der Waals surface area contributed by atoms with Crippen LogP contribution in [0.4, 0.5) is 0 Å². The van der Waals surface area contributed by atoms with Crippen LogP contribution < -0.4 is 21.5 Å². The van der Waals surface area contributed by atoms with Gasteiger partial charge < -0.3 is 20.1 Å². The van der Waals surface area contributed by atoms with E-state index in [0.29, 0.717) is 39.3 Å². The molecule has 0 heterocycles. The Morgan fingerprint density at radius 1 is 1.05 bits per heavy atom. The molecule has 0 aromatic carbocycles. The van der Waals surface area contributed by atoms with Crippen LogP contribution in [0, 0.1) is 0 Å². The highest BCUT2D eigenvalue weighted by Gasteiger charge is 2.18. The minimum atomic E-state index is -0.648. The Bertz CT molecular complexity index is 237. The highest BCUT2D eigenvalue weighted by Crippen LogP contribution is 2.09. The maximum Gasteiger partial charge on any atom is 0.221 e. The molecule has 0 aliphatic rings. The van der Waals surface area contributed by atoms with Crippen LogP contribution in [0.25, 0.3) is 0 Å². The fraction of sp³-hybridized carbons (Fsp3) is 0.917. The van der Waals surface area contributed by atoms with E-state index in [2.05, 4.69) is 21.5 Å². The maximum atomic E-state index is 11.3. The number of ether oxygens (including phenoxy) is 2. The predicted octanol–water partition coefficient (Wildman–Crippen LogP) is -0.795. The quantitative estimate of drug-likeness (QED) is 0.212. The molecule has 114 valence electrons. The minimum Gasteiger partial charge on any atom is -0.354 e. The van der Waals surface area contributed by atoms with E-state index in [4.69, 9.17) is 9.47 Å². The molecule has 0 rings (SSSR count). The molecular formula is C12H28N4O3. The van der Waals surface area contributed by atoms with Gasteiger partial charge in [-0.1, -0.05) is 0 Å². The van der Waals surface area contributed by atoms with Crippen LogP contribution >= 0.6 is 0 Å². The van der Waals surface area contributed by atoms with Crippen LogP contribution in [-0.4, -0.2) is 58.6 Å². The normalized spacial score (nSPS) is 11.6. The number of amides is 1. The predicted molar refractivity (Wildman–Crippen MR) is 74.6 cm³/mol. The van der Waals surface area contributed by atoms with Crippen molar-refractivity contribution in [2.75, 3.05) is 46.9 Å². The molecule has 0 saturated heterocycles. The standard InChI is InChI=1S/C12H28N4O3/c1-12(2,19-10-8-16-14-4)18-9-7-15-11(17)5-6-13-3/h13-14,16H,5-10H2,1-4H3,(H,15,17). The number of hydrogen-bond acceptors (Lipinski definition) is 6. The lowest BCUT2D eigenvalue weighted by Crippen LogP contribution is -2.37. The van der Waals surface area contributed by atoms with Crippen molar-refractivity contribution in [3.8, 4) is 0 Å². The summed E-state index contributed by atoms with van der Waals surface area (Å²) in [7, 11) is 3.62. The Balaban J connectivity index is 3.54. The molecule has 0 radical (unpaired) electrons. The maximum absolute atomic E-state index is 11.3. The summed E-state index contributed by atoms with van der Waals surface area (Å²) >= 11 is 0. The third-order valence-electron chi connectivity index (χ3n) is 2.33. The van der Waals surface area contributed by atoms with E-state index in [-0.39, 0.29) is 5.91 Å². The first-order chi connectivity index (χ1) is 9.02. The molecular weight excluding hydrogens is 248 g/mol. The molecule has 0 bridgehead atoms. The molecule has 0 aliphatic heterocycles. The molecule has 7 heteroatoms. The van der Waals surface area contributed by atoms with Gasteiger partial charge in [0.25, 0.3) is 0 Å². The number of hydrazine groups is 1. The second-order valence-corrected chi connectivity index (χ2v) is 4.48. The van der Waals surface area contributed by atoms with E-state index in [1.54, 1.807) is 7.05 Å². The topological polar surface area (TPSA) is 83.7 Å². The monoisotopic (exact) mass is 276 g/mol. The average molecular weight is 276 g/mol. The SMILES string of the molecule is CNCCC(=O)NCCOC(C)(C)OCCNNC. The summed E-state index contributed by atoms with van der Waals surface area (Å²) in [6.45, 7) is 6.55. The zero-order valence-electron chi connectivity index (χ0n) is 12.5. The molecule has 0 fully saturated rings. The highest BCUT2D eigenvalue weighted by molar-refractivity contribution is 5.75. The van der Waals surface area contributed by atoms with Crippen molar-refractivity contribution in [2.45, 2.75) is 26.1 Å². The Labute approximate surface area is 115 Å². The molecule has 0 spiro atoms. The van der Waals surface area contributed by atoms with Crippen LogP contribution in [-0.2, 0) is 14.3 Å². The minimum absolute atomic E-state index is 0.0231. The number of nitrogens with one attached hydrogen (secondary N) is 4. The molecule has 0 unspecified atom stereocenters. The van der Waals surface area contributed by atoms with Gasteiger partial charge in [0, 0.05) is 26.1 Å². The van der Waals surface area contributed by atoms with Crippen molar-refractivity contribution in [3.63, 3.8) is 0 Å². The fourth-order valence-electron chi connectivity index (χ4n) is 1.33.